The Kier molecular flexibility index (Phi) is 7.85. The van der Waals surface area contributed by atoms with Crippen molar-refractivity contribution in [3.8, 4) is 0 Å². The van der Waals surface area contributed by atoms with E-state index in [0.29, 0.717) is 34.5 Å². The van der Waals surface area contributed by atoms with E-state index < -0.39 is 5.97 Å². The molecule has 34 heavy (non-hydrogen) atoms. The standard InChI is InChI=1S/C26H27ClN2O4S/c27-21-10-9-20-14-23(34-22(20)15-21)26(33)29-12-11-28-25(32)19-7-5-18(6-8-19)17-3-1-16(2-4-17)13-24(30)31/h5-10,14-17H,1-4,11-13H2,(H,28,32)(H,29,33)(H,30,31). The molecule has 4 rings (SSSR count). The Bertz CT molecular complexity index is 1180. The van der Waals surface area contributed by atoms with E-state index in [0.717, 1.165) is 35.8 Å². The van der Waals surface area contributed by atoms with Gasteiger partial charge in [-0.05, 0) is 78.8 Å². The first kappa shape index (κ1) is 24.2. The highest BCUT2D eigenvalue weighted by Crippen LogP contribution is 2.37. The van der Waals surface area contributed by atoms with Crippen LogP contribution in [0.1, 0.15) is 63.6 Å². The number of aliphatic carboxylic acids is 1. The minimum atomic E-state index is -0.719. The third-order valence-corrected chi connectivity index (χ3v) is 7.69. The molecule has 3 aromatic rings. The number of carboxylic acid groups (broad SMARTS) is 1. The summed E-state index contributed by atoms with van der Waals surface area (Å²) in [5, 5.41) is 16.3. The average molecular weight is 499 g/mol. The molecule has 1 aliphatic carbocycles. The molecule has 0 spiro atoms. The number of rotatable bonds is 8. The Morgan fingerprint density at radius 3 is 2.26 bits per heavy atom. The number of fused-ring (bicyclic) bond motifs is 1. The summed E-state index contributed by atoms with van der Waals surface area (Å²) in [5.41, 5.74) is 1.78. The van der Waals surface area contributed by atoms with Crippen LogP contribution in [-0.2, 0) is 4.79 Å². The molecule has 8 heteroatoms. The van der Waals surface area contributed by atoms with Crippen LogP contribution in [0.3, 0.4) is 0 Å². The zero-order chi connectivity index (χ0) is 24.1. The van der Waals surface area contributed by atoms with Gasteiger partial charge >= 0.3 is 5.97 Å². The Labute approximate surface area is 207 Å². The van der Waals surface area contributed by atoms with Gasteiger partial charge in [0.2, 0.25) is 0 Å². The Hall–Kier alpha value is -2.90. The smallest absolute Gasteiger partial charge is 0.303 e. The van der Waals surface area contributed by atoms with E-state index in [1.54, 1.807) is 6.07 Å². The van der Waals surface area contributed by atoms with Crippen molar-refractivity contribution in [2.24, 2.45) is 5.92 Å². The molecule has 1 fully saturated rings. The maximum atomic E-state index is 12.5. The second kappa shape index (κ2) is 11.0. The SMILES string of the molecule is O=C(O)CC1CCC(c2ccc(C(=O)NCCNC(=O)c3cc4ccc(Cl)cc4s3)cc2)CC1. The maximum absolute atomic E-state index is 12.5. The quantitative estimate of drug-likeness (QED) is 0.359. The van der Waals surface area contributed by atoms with Crippen molar-refractivity contribution in [3.05, 3.63) is 69.6 Å². The molecule has 0 bridgehead atoms. The largest absolute Gasteiger partial charge is 0.481 e. The number of carbonyl (C=O) groups is 3. The molecule has 2 amide bonds. The van der Waals surface area contributed by atoms with Crippen LogP contribution >= 0.6 is 22.9 Å². The van der Waals surface area contributed by atoms with Crippen LogP contribution in [-0.4, -0.2) is 36.0 Å². The van der Waals surface area contributed by atoms with E-state index in [1.165, 1.54) is 16.9 Å². The van der Waals surface area contributed by atoms with E-state index in [2.05, 4.69) is 10.6 Å². The van der Waals surface area contributed by atoms with Crippen LogP contribution < -0.4 is 10.6 Å². The van der Waals surface area contributed by atoms with Crippen molar-refractivity contribution in [1.29, 1.82) is 0 Å². The first-order chi connectivity index (χ1) is 16.4. The van der Waals surface area contributed by atoms with Crippen molar-refractivity contribution in [1.82, 2.24) is 10.6 Å². The molecule has 0 radical (unpaired) electrons. The number of hydrogen-bond donors (Lipinski definition) is 3. The third-order valence-electron chi connectivity index (χ3n) is 6.36. The zero-order valence-corrected chi connectivity index (χ0v) is 20.3. The fourth-order valence-electron chi connectivity index (χ4n) is 4.51. The van der Waals surface area contributed by atoms with Gasteiger partial charge in [0.1, 0.15) is 0 Å². The molecule has 0 aliphatic heterocycles. The van der Waals surface area contributed by atoms with Gasteiger partial charge in [0.25, 0.3) is 11.8 Å². The lowest BCUT2D eigenvalue weighted by Crippen LogP contribution is -2.34. The van der Waals surface area contributed by atoms with Crippen LogP contribution in [0.5, 0.6) is 0 Å². The topological polar surface area (TPSA) is 95.5 Å². The highest BCUT2D eigenvalue weighted by Gasteiger charge is 2.24. The van der Waals surface area contributed by atoms with Crippen LogP contribution in [0.25, 0.3) is 10.1 Å². The van der Waals surface area contributed by atoms with Crippen molar-refractivity contribution >= 4 is 50.8 Å². The van der Waals surface area contributed by atoms with Gasteiger partial charge in [0.05, 0.1) is 4.88 Å². The van der Waals surface area contributed by atoms with Crippen LogP contribution in [0.4, 0.5) is 0 Å². The third kappa shape index (κ3) is 6.15. The summed E-state index contributed by atoms with van der Waals surface area (Å²) in [4.78, 5) is 36.4. The molecule has 3 N–H and O–H groups in total. The number of amides is 2. The number of nitrogens with one attached hydrogen (secondary N) is 2. The lowest BCUT2D eigenvalue weighted by molar-refractivity contribution is -0.138. The normalized spacial score (nSPS) is 17.9. The molecule has 0 unspecified atom stereocenters. The minimum absolute atomic E-state index is 0.172. The van der Waals surface area contributed by atoms with Gasteiger partial charge in [-0.3, -0.25) is 14.4 Å². The van der Waals surface area contributed by atoms with E-state index in [9.17, 15) is 14.4 Å². The molecule has 2 aromatic carbocycles. The Morgan fingerprint density at radius 2 is 1.59 bits per heavy atom. The summed E-state index contributed by atoms with van der Waals surface area (Å²) < 4.78 is 0.961. The molecular weight excluding hydrogens is 472 g/mol. The number of carboxylic acids is 1. The Morgan fingerprint density at radius 1 is 0.912 bits per heavy atom. The molecule has 178 valence electrons. The molecular formula is C26H27ClN2O4S. The first-order valence-corrected chi connectivity index (χ1v) is 12.7. The van der Waals surface area contributed by atoms with Gasteiger partial charge in [-0.15, -0.1) is 11.3 Å². The second-order valence-electron chi connectivity index (χ2n) is 8.74. The number of thiophene rings is 1. The maximum Gasteiger partial charge on any atom is 0.303 e. The minimum Gasteiger partial charge on any atom is -0.481 e. The first-order valence-electron chi connectivity index (χ1n) is 11.5. The lowest BCUT2D eigenvalue weighted by atomic mass is 9.77. The van der Waals surface area contributed by atoms with Gasteiger partial charge in [-0.2, -0.15) is 0 Å². The number of carbonyl (C=O) groups excluding carboxylic acids is 2. The van der Waals surface area contributed by atoms with E-state index in [-0.39, 0.29) is 24.2 Å². The summed E-state index contributed by atoms with van der Waals surface area (Å²) >= 11 is 7.39. The predicted molar refractivity (Wildman–Crippen MR) is 135 cm³/mol. The van der Waals surface area contributed by atoms with Crippen LogP contribution in [0, 0.1) is 5.92 Å². The van der Waals surface area contributed by atoms with Crippen molar-refractivity contribution < 1.29 is 19.5 Å². The fourth-order valence-corrected chi connectivity index (χ4v) is 5.77. The molecule has 1 heterocycles. The van der Waals surface area contributed by atoms with E-state index in [1.807, 2.05) is 42.5 Å². The molecule has 1 aliphatic rings. The number of benzene rings is 2. The van der Waals surface area contributed by atoms with Crippen molar-refractivity contribution in [2.45, 2.75) is 38.0 Å². The number of halogens is 1. The summed E-state index contributed by atoms with van der Waals surface area (Å²) in [6.07, 6.45) is 4.08. The van der Waals surface area contributed by atoms with Gasteiger partial charge in [0, 0.05) is 34.8 Å². The summed E-state index contributed by atoms with van der Waals surface area (Å²) in [5.74, 6) is -0.376. The van der Waals surface area contributed by atoms with Gasteiger partial charge < -0.3 is 15.7 Å². The fraction of sp³-hybridized carbons (Fsp3) is 0.346. The van der Waals surface area contributed by atoms with Crippen LogP contribution in [0.2, 0.25) is 5.02 Å². The average Bonchev–Trinajstić information content (AvgIpc) is 3.25. The molecule has 0 atom stereocenters. The van der Waals surface area contributed by atoms with Crippen molar-refractivity contribution in [3.63, 3.8) is 0 Å². The lowest BCUT2D eigenvalue weighted by Gasteiger charge is -2.28. The van der Waals surface area contributed by atoms with Gasteiger partial charge in [0.15, 0.2) is 0 Å². The summed E-state index contributed by atoms with van der Waals surface area (Å²) in [7, 11) is 0. The molecule has 0 saturated heterocycles. The summed E-state index contributed by atoms with van der Waals surface area (Å²) in [6, 6.07) is 15.0. The van der Waals surface area contributed by atoms with Gasteiger partial charge in [-0.25, -0.2) is 0 Å². The predicted octanol–water partition coefficient (Wildman–Crippen LogP) is 5.46. The molecule has 1 saturated carbocycles. The number of hydrogen-bond acceptors (Lipinski definition) is 4. The Balaban J connectivity index is 1.21. The zero-order valence-electron chi connectivity index (χ0n) is 18.7. The monoisotopic (exact) mass is 498 g/mol. The summed E-state index contributed by atoms with van der Waals surface area (Å²) in [6.45, 7) is 0.661. The van der Waals surface area contributed by atoms with Crippen LogP contribution in [0.15, 0.2) is 48.5 Å². The van der Waals surface area contributed by atoms with Gasteiger partial charge in [-0.1, -0.05) is 29.8 Å². The highest BCUT2D eigenvalue weighted by molar-refractivity contribution is 7.20. The van der Waals surface area contributed by atoms with Crippen molar-refractivity contribution in [2.75, 3.05) is 13.1 Å². The molecule has 1 aromatic heterocycles. The van der Waals surface area contributed by atoms with E-state index >= 15 is 0 Å². The second-order valence-corrected chi connectivity index (χ2v) is 10.3. The molecule has 6 nitrogen and oxygen atoms in total. The van der Waals surface area contributed by atoms with E-state index in [4.69, 9.17) is 16.7 Å². The highest BCUT2D eigenvalue weighted by atomic mass is 35.5.